The fraction of sp³-hybridized carbons (Fsp3) is 0. The molecule has 3 N–H and O–H groups in total. The zero-order chi connectivity index (χ0) is 14.5. The van der Waals surface area contributed by atoms with E-state index in [0.717, 1.165) is 22.0 Å². The lowest BCUT2D eigenvalue weighted by Crippen LogP contribution is -1.94. The molecule has 0 aliphatic rings. The van der Waals surface area contributed by atoms with Crippen molar-refractivity contribution in [3.05, 3.63) is 65.5 Å². The van der Waals surface area contributed by atoms with E-state index in [9.17, 15) is 0 Å². The fourth-order valence-corrected chi connectivity index (χ4v) is 2.52. The zero-order valence-corrected chi connectivity index (χ0v) is 12.0. The molecule has 4 nitrogen and oxygen atoms in total. The van der Waals surface area contributed by atoms with Gasteiger partial charge >= 0.3 is 0 Å². The Bertz CT molecular complexity index is 750. The van der Waals surface area contributed by atoms with Gasteiger partial charge in [0.15, 0.2) is 0 Å². The summed E-state index contributed by atoms with van der Waals surface area (Å²) >= 11 is 1.52. The van der Waals surface area contributed by atoms with Crippen molar-refractivity contribution in [2.45, 2.75) is 0 Å². The molecule has 0 radical (unpaired) electrons. The Morgan fingerprint density at radius 1 is 1.05 bits per heavy atom. The number of aromatic nitrogens is 1. The largest absolute Gasteiger partial charge is 0.398 e. The normalized spacial score (nSPS) is 10.9. The van der Waals surface area contributed by atoms with Crippen LogP contribution in [-0.4, -0.2) is 11.2 Å². The SMILES string of the molecule is Nc1ccccc1C=NNc1nc(-c2ccccc2)cs1. The first-order valence-corrected chi connectivity index (χ1v) is 7.35. The van der Waals surface area contributed by atoms with Gasteiger partial charge in [0.05, 0.1) is 11.9 Å². The average molecular weight is 294 g/mol. The first-order chi connectivity index (χ1) is 10.3. The molecule has 1 aromatic heterocycles. The molecule has 0 unspecified atom stereocenters. The van der Waals surface area contributed by atoms with Crippen molar-refractivity contribution in [1.29, 1.82) is 0 Å². The van der Waals surface area contributed by atoms with E-state index < -0.39 is 0 Å². The van der Waals surface area contributed by atoms with Crippen LogP contribution < -0.4 is 11.2 Å². The van der Waals surface area contributed by atoms with Gasteiger partial charge in [-0.1, -0.05) is 48.5 Å². The van der Waals surface area contributed by atoms with Crippen molar-refractivity contribution in [2.24, 2.45) is 5.10 Å². The van der Waals surface area contributed by atoms with Gasteiger partial charge in [-0.2, -0.15) is 5.10 Å². The molecule has 1 heterocycles. The van der Waals surface area contributed by atoms with Crippen molar-refractivity contribution in [1.82, 2.24) is 4.98 Å². The highest BCUT2D eigenvalue weighted by Crippen LogP contribution is 2.24. The Morgan fingerprint density at radius 2 is 1.81 bits per heavy atom. The van der Waals surface area contributed by atoms with E-state index in [1.54, 1.807) is 6.21 Å². The number of hydrogen-bond donors (Lipinski definition) is 2. The molecule has 0 bridgehead atoms. The second-order valence-corrected chi connectivity index (χ2v) is 5.26. The Kier molecular flexibility index (Phi) is 3.93. The first-order valence-electron chi connectivity index (χ1n) is 6.47. The number of para-hydroxylation sites is 1. The number of nitrogens with one attached hydrogen (secondary N) is 1. The van der Waals surface area contributed by atoms with Crippen molar-refractivity contribution < 1.29 is 0 Å². The lowest BCUT2D eigenvalue weighted by molar-refractivity contribution is 1.29. The van der Waals surface area contributed by atoms with Gasteiger partial charge in [-0.3, -0.25) is 5.43 Å². The third kappa shape index (κ3) is 3.27. The van der Waals surface area contributed by atoms with Crippen LogP contribution in [0, 0.1) is 0 Å². The van der Waals surface area contributed by atoms with Crippen LogP contribution in [0.5, 0.6) is 0 Å². The molecular formula is C16H14N4S. The van der Waals surface area contributed by atoms with E-state index in [1.807, 2.05) is 60.0 Å². The number of anilines is 2. The molecular weight excluding hydrogens is 280 g/mol. The van der Waals surface area contributed by atoms with Gasteiger partial charge in [-0.15, -0.1) is 11.3 Å². The number of thiazole rings is 1. The maximum Gasteiger partial charge on any atom is 0.203 e. The monoisotopic (exact) mass is 294 g/mol. The average Bonchev–Trinajstić information content (AvgIpc) is 2.99. The quantitative estimate of drug-likeness (QED) is 0.436. The maximum atomic E-state index is 5.85. The number of hydrazone groups is 1. The van der Waals surface area contributed by atoms with Crippen LogP contribution in [0.3, 0.4) is 0 Å². The summed E-state index contributed by atoms with van der Waals surface area (Å²) in [5.41, 5.74) is 12.4. The molecule has 3 aromatic rings. The molecule has 0 fully saturated rings. The van der Waals surface area contributed by atoms with Crippen LogP contribution in [0.1, 0.15) is 5.56 Å². The third-order valence-electron chi connectivity index (χ3n) is 2.93. The van der Waals surface area contributed by atoms with Gasteiger partial charge in [0.1, 0.15) is 0 Å². The van der Waals surface area contributed by atoms with Gasteiger partial charge in [0.2, 0.25) is 5.13 Å². The van der Waals surface area contributed by atoms with E-state index >= 15 is 0 Å². The highest BCUT2D eigenvalue weighted by atomic mass is 32.1. The summed E-state index contributed by atoms with van der Waals surface area (Å²) in [6, 6.07) is 17.6. The second-order valence-electron chi connectivity index (χ2n) is 4.40. The first kappa shape index (κ1) is 13.3. The lowest BCUT2D eigenvalue weighted by atomic mass is 10.2. The molecule has 0 saturated heterocycles. The molecule has 104 valence electrons. The molecule has 0 atom stereocenters. The van der Waals surface area contributed by atoms with Crippen molar-refractivity contribution in [3.63, 3.8) is 0 Å². The Morgan fingerprint density at radius 3 is 2.62 bits per heavy atom. The molecule has 0 aliphatic heterocycles. The predicted octanol–water partition coefficient (Wildman–Crippen LogP) is 3.84. The number of nitrogens with two attached hydrogens (primary N) is 1. The van der Waals surface area contributed by atoms with E-state index in [1.165, 1.54) is 11.3 Å². The molecule has 0 amide bonds. The maximum absolute atomic E-state index is 5.85. The number of hydrogen-bond acceptors (Lipinski definition) is 5. The molecule has 3 rings (SSSR count). The standard InChI is InChI=1S/C16H14N4S/c17-14-9-5-4-8-13(14)10-18-20-16-19-15(11-21-16)12-6-2-1-3-7-12/h1-11H,17H2,(H,19,20). The van der Waals surface area contributed by atoms with E-state index in [2.05, 4.69) is 15.5 Å². The van der Waals surface area contributed by atoms with Crippen LogP contribution >= 0.6 is 11.3 Å². The van der Waals surface area contributed by atoms with Crippen LogP contribution in [0.4, 0.5) is 10.8 Å². The van der Waals surface area contributed by atoms with Crippen LogP contribution in [0.15, 0.2) is 65.1 Å². The molecule has 0 spiro atoms. The van der Waals surface area contributed by atoms with Gasteiger partial charge in [0, 0.05) is 22.2 Å². The summed E-state index contributed by atoms with van der Waals surface area (Å²) in [7, 11) is 0. The Balaban J connectivity index is 1.70. The second kappa shape index (κ2) is 6.19. The van der Waals surface area contributed by atoms with E-state index in [4.69, 9.17) is 5.73 Å². The third-order valence-corrected chi connectivity index (χ3v) is 3.68. The number of rotatable bonds is 4. The lowest BCUT2D eigenvalue weighted by Gasteiger charge is -1.98. The smallest absolute Gasteiger partial charge is 0.203 e. The summed E-state index contributed by atoms with van der Waals surface area (Å²) in [4.78, 5) is 4.50. The van der Waals surface area contributed by atoms with Crippen molar-refractivity contribution >= 4 is 28.4 Å². The number of benzene rings is 2. The summed E-state index contributed by atoms with van der Waals surface area (Å²) in [5, 5.41) is 6.93. The van der Waals surface area contributed by atoms with Crippen molar-refractivity contribution in [2.75, 3.05) is 11.2 Å². The molecule has 0 aliphatic carbocycles. The van der Waals surface area contributed by atoms with E-state index in [0.29, 0.717) is 5.69 Å². The summed E-state index contributed by atoms with van der Waals surface area (Å²) in [6.07, 6.45) is 1.69. The molecule has 0 saturated carbocycles. The topological polar surface area (TPSA) is 63.3 Å². The summed E-state index contributed by atoms with van der Waals surface area (Å²) < 4.78 is 0. The minimum atomic E-state index is 0.701. The molecule has 5 heteroatoms. The highest BCUT2D eigenvalue weighted by molar-refractivity contribution is 7.14. The van der Waals surface area contributed by atoms with Crippen LogP contribution in [0.25, 0.3) is 11.3 Å². The van der Waals surface area contributed by atoms with Gasteiger partial charge in [-0.05, 0) is 6.07 Å². The van der Waals surface area contributed by atoms with E-state index in [-0.39, 0.29) is 0 Å². The minimum Gasteiger partial charge on any atom is -0.398 e. The molecule has 2 aromatic carbocycles. The fourth-order valence-electron chi connectivity index (χ4n) is 1.85. The molecule has 21 heavy (non-hydrogen) atoms. The van der Waals surface area contributed by atoms with Crippen LogP contribution in [-0.2, 0) is 0 Å². The zero-order valence-electron chi connectivity index (χ0n) is 11.2. The van der Waals surface area contributed by atoms with Gasteiger partial charge < -0.3 is 5.73 Å². The highest BCUT2D eigenvalue weighted by Gasteiger charge is 2.02. The number of nitrogens with zero attached hydrogens (tertiary/aromatic N) is 2. The Hall–Kier alpha value is -2.66. The summed E-state index contributed by atoms with van der Waals surface area (Å²) in [6.45, 7) is 0. The predicted molar refractivity (Wildman–Crippen MR) is 89.6 cm³/mol. The minimum absolute atomic E-state index is 0.701. The van der Waals surface area contributed by atoms with Crippen molar-refractivity contribution in [3.8, 4) is 11.3 Å². The summed E-state index contributed by atoms with van der Waals surface area (Å²) in [5.74, 6) is 0. The van der Waals surface area contributed by atoms with Gasteiger partial charge in [-0.25, -0.2) is 4.98 Å². The number of nitrogen functional groups attached to an aromatic ring is 1. The van der Waals surface area contributed by atoms with Crippen LogP contribution in [0.2, 0.25) is 0 Å². The Labute approximate surface area is 127 Å². The van der Waals surface area contributed by atoms with Gasteiger partial charge in [0.25, 0.3) is 0 Å².